The van der Waals surface area contributed by atoms with Crippen molar-refractivity contribution >= 4 is 35.2 Å². The van der Waals surface area contributed by atoms with E-state index in [1.807, 2.05) is 36.4 Å². The Hall–Kier alpha value is -2.68. The molecule has 0 spiro atoms. The van der Waals surface area contributed by atoms with Crippen molar-refractivity contribution < 1.29 is 8.83 Å². The molecule has 2 aromatic heterocycles. The first-order chi connectivity index (χ1) is 11.8. The molecule has 1 saturated heterocycles. The summed E-state index contributed by atoms with van der Waals surface area (Å²) >= 11 is 4.99. The monoisotopic (exact) mass is 343 g/mol. The third kappa shape index (κ3) is 3.99. The van der Waals surface area contributed by atoms with Crippen LogP contribution in [-0.2, 0) is 0 Å². The molecule has 0 aliphatic carbocycles. The average molecular weight is 343 g/mol. The lowest BCUT2D eigenvalue weighted by atomic mass is 9.97. The van der Waals surface area contributed by atoms with Crippen molar-refractivity contribution in [1.29, 1.82) is 0 Å². The van der Waals surface area contributed by atoms with E-state index in [1.54, 1.807) is 12.5 Å². The van der Waals surface area contributed by atoms with Crippen molar-refractivity contribution in [3.8, 4) is 0 Å². The maximum atomic E-state index is 5.40. The highest BCUT2D eigenvalue weighted by Gasteiger charge is 2.19. The maximum absolute atomic E-state index is 5.40. The predicted octanol–water partition coefficient (Wildman–Crippen LogP) is 1.64. The first-order valence-electron chi connectivity index (χ1n) is 7.30. The highest BCUT2D eigenvalue weighted by Crippen LogP contribution is 2.19. The van der Waals surface area contributed by atoms with Crippen LogP contribution < -0.4 is 22.0 Å². The zero-order valence-electron chi connectivity index (χ0n) is 12.8. The molecule has 8 heteroatoms. The van der Waals surface area contributed by atoms with Crippen molar-refractivity contribution in [3.63, 3.8) is 0 Å². The zero-order chi connectivity index (χ0) is 16.8. The number of nitrogens with two attached hydrogens (primary N) is 1. The van der Waals surface area contributed by atoms with Crippen molar-refractivity contribution in [2.24, 2.45) is 10.9 Å². The number of furan rings is 2. The molecule has 0 aromatic carbocycles. The van der Waals surface area contributed by atoms with E-state index in [0.29, 0.717) is 13.1 Å². The minimum atomic E-state index is 0.232. The van der Waals surface area contributed by atoms with Gasteiger partial charge in [-0.25, -0.2) is 5.84 Å². The molecular weight excluding hydrogens is 326 g/mol. The molecule has 1 fully saturated rings. The summed E-state index contributed by atoms with van der Waals surface area (Å²) in [6, 6.07) is 7.44. The van der Waals surface area contributed by atoms with Crippen LogP contribution in [0.15, 0.2) is 61.9 Å². The Morgan fingerprint density at radius 2 is 1.71 bits per heavy atom. The molecule has 0 unspecified atom stereocenters. The zero-order valence-corrected chi connectivity index (χ0v) is 13.6. The second kappa shape index (κ2) is 7.73. The summed E-state index contributed by atoms with van der Waals surface area (Å²) in [6.07, 6.45) is 7.12. The first-order valence-corrected chi connectivity index (χ1v) is 7.71. The van der Waals surface area contributed by atoms with Gasteiger partial charge in [0.1, 0.15) is 11.5 Å². The summed E-state index contributed by atoms with van der Waals surface area (Å²) in [5.74, 6) is 6.78. The number of hydrogen-bond acceptors (Lipinski definition) is 6. The highest BCUT2D eigenvalue weighted by molar-refractivity contribution is 7.80. The molecule has 1 aliphatic rings. The lowest BCUT2D eigenvalue weighted by molar-refractivity contribution is 0.556. The molecule has 1 aliphatic heterocycles. The van der Waals surface area contributed by atoms with Crippen LogP contribution in [0.3, 0.4) is 0 Å². The number of hydrazone groups is 1. The van der Waals surface area contributed by atoms with E-state index < -0.39 is 0 Å². The molecule has 0 bridgehead atoms. The first kappa shape index (κ1) is 16.2. The number of hydrazine groups is 1. The Morgan fingerprint density at radius 3 is 2.17 bits per heavy atom. The van der Waals surface area contributed by atoms with Gasteiger partial charge in [0.2, 0.25) is 5.11 Å². The second-order valence-electron chi connectivity index (χ2n) is 5.02. The largest absolute Gasteiger partial charge is 0.465 e. The smallest absolute Gasteiger partial charge is 0.201 e. The van der Waals surface area contributed by atoms with Gasteiger partial charge in [0.05, 0.1) is 18.2 Å². The van der Waals surface area contributed by atoms with Crippen LogP contribution in [0.1, 0.15) is 11.5 Å². The number of hydrogen-bond donors (Lipinski definition) is 4. The van der Waals surface area contributed by atoms with Crippen LogP contribution in [0.5, 0.6) is 0 Å². The average Bonchev–Trinajstić information content (AvgIpc) is 3.28. The summed E-state index contributed by atoms with van der Waals surface area (Å²) < 4.78 is 10.8. The lowest BCUT2D eigenvalue weighted by Gasteiger charge is -2.21. The third-order valence-electron chi connectivity index (χ3n) is 3.36. The summed E-state index contributed by atoms with van der Waals surface area (Å²) in [5, 5.41) is 7.97. The minimum Gasteiger partial charge on any atom is -0.465 e. The summed E-state index contributed by atoms with van der Waals surface area (Å²) in [5.41, 5.74) is 7.76. The Bertz CT molecular complexity index is 721. The number of rotatable bonds is 3. The molecule has 0 amide bonds. The molecule has 124 valence electrons. The van der Waals surface area contributed by atoms with Gasteiger partial charge in [0.15, 0.2) is 0 Å². The maximum Gasteiger partial charge on any atom is 0.201 e. The van der Waals surface area contributed by atoms with E-state index in [0.717, 1.165) is 28.4 Å². The topological polar surface area (TPSA) is 101 Å². The molecule has 5 N–H and O–H groups in total. The van der Waals surface area contributed by atoms with Crippen molar-refractivity contribution in [2.75, 3.05) is 13.1 Å². The number of nitrogens with one attached hydrogen (secondary N) is 3. The fraction of sp³-hybridized carbons (Fsp3) is 0.125. The summed E-state index contributed by atoms with van der Waals surface area (Å²) in [6.45, 7) is 1.30. The normalized spacial score (nSPS) is 18.0. The SMILES string of the molecule is NNC(=S)NN=C1/C(=C/c2ccco2)CNC/C1=C\c1ccco1. The van der Waals surface area contributed by atoms with Crippen LogP contribution in [0, 0.1) is 0 Å². The van der Waals surface area contributed by atoms with Gasteiger partial charge < -0.3 is 14.2 Å². The standard InChI is InChI=1S/C16H17N5O2S/c17-19-16(24)21-20-15-11(7-13-3-1-5-22-13)9-18-10-12(15)8-14-4-2-6-23-14/h1-8,18H,9-10,17H2,(H2,19,21,24)/b11-7+,12-8+. The van der Waals surface area contributed by atoms with Crippen molar-refractivity contribution in [2.45, 2.75) is 0 Å². The van der Waals surface area contributed by atoms with E-state index in [2.05, 4.69) is 21.3 Å². The molecule has 24 heavy (non-hydrogen) atoms. The van der Waals surface area contributed by atoms with Gasteiger partial charge in [-0.3, -0.25) is 10.9 Å². The molecule has 3 heterocycles. The van der Waals surface area contributed by atoms with Gasteiger partial charge in [-0.2, -0.15) is 5.10 Å². The van der Waals surface area contributed by atoms with Gasteiger partial charge in [-0.15, -0.1) is 0 Å². The van der Waals surface area contributed by atoms with E-state index >= 15 is 0 Å². The van der Waals surface area contributed by atoms with E-state index in [9.17, 15) is 0 Å². The van der Waals surface area contributed by atoms with Crippen molar-refractivity contribution in [1.82, 2.24) is 16.2 Å². The summed E-state index contributed by atoms with van der Waals surface area (Å²) in [4.78, 5) is 0. The second-order valence-corrected chi connectivity index (χ2v) is 5.43. The number of nitrogens with zero attached hydrogens (tertiary/aromatic N) is 1. The molecule has 0 radical (unpaired) electrons. The molecule has 3 rings (SSSR count). The van der Waals surface area contributed by atoms with Gasteiger partial charge in [-0.1, -0.05) is 0 Å². The minimum absolute atomic E-state index is 0.232. The lowest BCUT2D eigenvalue weighted by Crippen LogP contribution is -2.39. The fourth-order valence-electron chi connectivity index (χ4n) is 2.32. The molecule has 7 nitrogen and oxygen atoms in total. The Labute approximate surface area is 144 Å². The molecule has 0 atom stereocenters. The van der Waals surface area contributed by atoms with Crippen LogP contribution in [0.4, 0.5) is 0 Å². The van der Waals surface area contributed by atoms with E-state index in [4.69, 9.17) is 26.9 Å². The van der Waals surface area contributed by atoms with Crippen LogP contribution in [-0.4, -0.2) is 23.9 Å². The number of piperidine rings is 1. The van der Waals surface area contributed by atoms with E-state index in [1.165, 1.54) is 0 Å². The number of thiocarbonyl (C=S) groups is 1. The van der Waals surface area contributed by atoms with Crippen LogP contribution >= 0.6 is 12.2 Å². The van der Waals surface area contributed by atoms with Crippen LogP contribution in [0.2, 0.25) is 0 Å². The Kier molecular flexibility index (Phi) is 5.22. The summed E-state index contributed by atoms with van der Waals surface area (Å²) in [7, 11) is 0. The van der Waals surface area contributed by atoms with Gasteiger partial charge in [0, 0.05) is 13.1 Å². The van der Waals surface area contributed by atoms with Gasteiger partial charge in [-0.05, 0) is 59.8 Å². The predicted molar refractivity (Wildman–Crippen MR) is 96.7 cm³/mol. The fourth-order valence-corrected chi connectivity index (χ4v) is 2.36. The highest BCUT2D eigenvalue weighted by atomic mass is 32.1. The molecular formula is C16H17N5O2S. The Morgan fingerprint density at radius 1 is 1.12 bits per heavy atom. The van der Waals surface area contributed by atoms with E-state index in [-0.39, 0.29) is 5.11 Å². The van der Waals surface area contributed by atoms with Crippen LogP contribution in [0.25, 0.3) is 12.2 Å². The van der Waals surface area contributed by atoms with Gasteiger partial charge >= 0.3 is 0 Å². The molecule has 0 saturated carbocycles. The Balaban J connectivity index is 1.96. The third-order valence-corrected chi connectivity index (χ3v) is 3.57. The van der Waals surface area contributed by atoms with Gasteiger partial charge in [0.25, 0.3) is 0 Å². The molecule has 2 aromatic rings. The quantitative estimate of drug-likeness (QED) is 0.382. The van der Waals surface area contributed by atoms with Crippen molar-refractivity contribution in [3.05, 3.63) is 59.5 Å².